The van der Waals surface area contributed by atoms with E-state index in [9.17, 15) is 9.59 Å². The third kappa shape index (κ3) is 3.55. The van der Waals surface area contributed by atoms with Gasteiger partial charge in [-0.3, -0.25) is 4.79 Å². The van der Waals surface area contributed by atoms with Crippen molar-refractivity contribution in [3.8, 4) is 5.75 Å². The summed E-state index contributed by atoms with van der Waals surface area (Å²) in [5.41, 5.74) is 0.303. The van der Waals surface area contributed by atoms with Gasteiger partial charge in [-0.1, -0.05) is 11.6 Å². The van der Waals surface area contributed by atoms with Gasteiger partial charge in [0.05, 0.1) is 12.2 Å². The largest absolute Gasteiger partial charge is 0.481 e. The number of hydrogen-bond donors (Lipinski definition) is 0. The second kappa shape index (κ2) is 6.12. The zero-order valence-corrected chi connectivity index (χ0v) is 9.49. The van der Waals surface area contributed by atoms with Crippen molar-refractivity contribution in [3.05, 3.63) is 28.8 Å². The number of benzene rings is 1. The van der Waals surface area contributed by atoms with Gasteiger partial charge in [0.25, 0.3) is 0 Å². The third-order valence-electron chi connectivity index (χ3n) is 1.75. The Bertz CT molecular complexity index is 390. The van der Waals surface area contributed by atoms with Crippen molar-refractivity contribution in [3.63, 3.8) is 0 Å². The van der Waals surface area contributed by atoms with Gasteiger partial charge in [0, 0.05) is 5.02 Å². The van der Waals surface area contributed by atoms with Crippen LogP contribution in [0.4, 0.5) is 0 Å². The molecule has 0 atom stereocenters. The molecule has 0 heterocycles. The lowest BCUT2D eigenvalue weighted by Crippen LogP contribution is -2.15. The third-order valence-corrected chi connectivity index (χ3v) is 1.98. The standard InChI is InChI=1S/C11H11ClO4/c1-2-15-11(14)7-16-10-4-3-9(12)5-8(10)6-13/h3-6H,2,7H2,1H3. The van der Waals surface area contributed by atoms with Gasteiger partial charge in [0.1, 0.15) is 5.75 Å². The Morgan fingerprint density at radius 3 is 2.88 bits per heavy atom. The van der Waals surface area contributed by atoms with E-state index >= 15 is 0 Å². The lowest BCUT2D eigenvalue weighted by Gasteiger charge is -2.07. The molecule has 0 saturated heterocycles. The van der Waals surface area contributed by atoms with Crippen molar-refractivity contribution in [2.24, 2.45) is 0 Å². The molecule has 0 fully saturated rings. The molecule has 86 valence electrons. The first kappa shape index (κ1) is 12.5. The summed E-state index contributed by atoms with van der Waals surface area (Å²) in [7, 11) is 0. The summed E-state index contributed by atoms with van der Waals surface area (Å²) in [5, 5.41) is 0.436. The first-order chi connectivity index (χ1) is 7.67. The number of esters is 1. The summed E-state index contributed by atoms with van der Waals surface area (Å²) in [5.74, 6) is -0.165. The maximum absolute atomic E-state index is 11.0. The molecular formula is C11H11ClO4. The molecule has 0 spiro atoms. The van der Waals surface area contributed by atoms with E-state index in [0.29, 0.717) is 29.2 Å². The van der Waals surface area contributed by atoms with Crippen LogP contribution in [0, 0.1) is 0 Å². The number of ether oxygens (including phenoxy) is 2. The summed E-state index contributed by atoms with van der Waals surface area (Å²) in [4.78, 5) is 21.7. The van der Waals surface area contributed by atoms with Gasteiger partial charge in [-0.25, -0.2) is 4.79 Å². The Hall–Kier alpha value is -1.55. The minimum atomic E-state index is -0.478. The Balaban J connectivity index is 2.66. The van der Waals surface area contributed by atoms with Gasteiger partial charge < -0.3 is 9.47 Å². The molecule has 1 rings (SSSR count). The second-order valence-electron chi connectivity index (χ2n) is 2.89. The highest BCUT2D eigenvalue weighted by molar-refractivity contribution is 6.30. The number of carbonyl (C=O) groups is 2. The molecular weight excluding hydrogens is 232 g/mol. The van der Waals surface area contributed by atoms with Crippen molar-refractivity contribution in [2.75, 3.05) is 13.2 Å². The van der Waals surface area contributed by atoms with E-state index in [1.165, 1.54) is 12.1 Å². The number of hydrogen-bond acceptors (Lipinski definition) is 4. The van der Waals surface area contributed by atoms with Gasteiger partial charge in [-0.05, 0) is 25.1 Å². The highest BCUT2D eigenvalue weighted by Gasteiger charge is 2.07. The minimum absolute atomic E-state index is 0.226. The predicted octanol–water partition coefficient (Wildman–Crippen LogP) is 2.09. The molecule has 16 heavy (non-hydrogen) atoms. The number of carbonyl (C=O) groups excluding carboxylic acids is 2. The maximum atomic E-state index is 11.0. The highest BCUT2D eigenvalue weighted by Crippen LogP contribution is 2.21. The Morgan fingerprint density at radius 2 is 2.25 bits per heavy atom. The molecule has 1 aromatic rings. The summed E-state index contributed by atoms with van der Waals surface area (Å²) in [6.07, 6.45) is 0.617. The summed E-state index contributed by atoms with van der Waals surface area (Å²) in [6.45, 7) is 1.77. The van der Waals surface area contributed by atoms with Crippen LogP contribution < -0.4 is 4.74 Å². The lowest BCUT2D eigenvalue weighted by atomic mass is 10.2. The smallest absolute Gasteiger partial charge is 0.344 e. The number of aldehydes is 1. The van der Waals surface area contributed by atoms with E-state index in [0.717, 1.165) is 0 Å². The number of halogens is 1. The molecule has 0 unspecified atom stereocenters. The molecule has 0 saturated carbocycles. The Kier molecular flexibility index (Phi) is 4.79. The van der Waals surface area contributed by atoms with Crippen molar-refractivity contribution in [2.45, 2.75) is 6.92 Å². The molecule has 4 nitrogen and oxygen atoms in total. The quantitative estimate of drug-likeness (QED) is 0.586. The van der Waals surface area contributed by atoms with Crippen molar-refractivity contribution in [1.29, 1.82) is 0 Å². The molecule has 0 radical (unpaired) electrons. The van der Waals surface area contributed by atoms with Gasteiger partial charge in [0.2, 0.25) is 0 Å². The Morgan fingerprint density at radius 1 is 1.50 bits per heavy atom. The fraction of sp³-hybridized carbons (Fsp3) is 0.273. The van der Waals surface area contributed by atoms with Crippen LogP contribution in [0.5, 0.6) is 5.75 Å². The van der Waals surface area contributed by atoms with Crippen molar-refractivity contribution in [1.82, 2.24) is 0 Å². The second-order valence-corrected chi connectivity index (χ2v) is 3.33. The van der Waals surface area contributed by atoms with Crippen LogP contribution in [0.2, 0.25) is 5.02 Å². The summed E-state index contributed by atoms with van der Waals surface area (Å²) in [6, 6.07) is 4.58. The topological polar surface area (TPSA) is 52.6 Å². The van der Waals surface area contributed by atoms with Crippen LogP contribution in [-0.4, -0.2) is 25.5 Å². The molecule has 1 aromatic carbocycles. The van der Waals surface area contributed by atoms with Crippen molar-refractivity contribution >= 4 is 23.9 Å². The first-order valence-electron chi connectivity index (χ1n) is 4.70. The van der Waals surface area contributed by atoms with Gasteiger partial charge in [-0.2, -0.15) is 0 Å². The van der Waals surface area contributed by atoms with Crippen molar-refractivity contribution < 1.29 is 19.1 Å². The van der Waals surface area contributed by atoms with Gasteiger partial charge in [-0.15, -0.1) is 0 Å². The average molecular weight is 243 g/mol. The van der Waals surface area contributed by atoms with Gasteiger partial charge >= 0.3 is 5.97 Å². The van der Waals surface area contributed by atoms with E-state index in [2.05, 4.69) is 4.74 Å². The highest BCUT2D eigenvalue weighted by atomic mass is 35.5. The molecule has 0 bridgehead atoms. The van der Waals surface area contributed by atoms with Crippen LogP contribution in [0.3, 0.4) is 0 Å². The summed E-state index contributed by atoms with van der Waals surface area (Å²) < 4.78 is 9.82. The lowest BCUT2D eigenvalue weighted by molar-refractivity contribution is -0.145. The fourth-order valence-electron chi connectivity index (χ4n) is 1.08. The number of rotatable bonds is 5. The van der Waals surface area contributed by atoms with Crippen LogP contribution in [-0.2, 0) is 9.53 Å². The molecule has 0 aromatic heterocycles. The summed E-state index contributed by atoms with van der Waals surface area (Å²) >= 11 is 5.70. The molecule has 0 aliphatic carbocycles. The molecule has 0 N–H and O–H groups in total. The minimum Gasteiger partial charge on any atom is -0.481 e. The van der Waals surface area contributed by atoms with E-state index < -0.39 is 5.97 Å². The van der Waals surface area contributed by atoms with Crippen LogP contribution >= 0.6 is 11.6 Å². The van der Waals surface area contributed by atoms with E-state index in [-0.39, 0.29) is 6.61 Å². The monoisotopic (exact) mass is 242 g/mol. The van der Waals surface area contributed by atoms with Crippen LogP contribution in [0.15, 0.2) is 18.2 Å². The molecule has 0 aliphatic rings. The van der Waals surface area contributed by atoms with E-state index in [1.54, 1.807) is 13.0 Å². The Labute approximate surface area is 98.1 Å². The van der Waals surface area contributed by atoms with Crippen LogP contribution in [0.1, 0.15) is 17.3 Å². The predicted molar refractivity (Wildman–Crippen MR) is 59.0 cm³/mol. The van der Waals surface area contributed by atoms with E-state index in [1.807, 2.05) is 0 Å². The molecule has 5 heteroatoms. The van der Waals surface area contributed by atoms with E-state index in [4.69, 9.17) is 16.3 Å². The molecule has 0 aliphatic heterocycles. The van der Waals surface area contributed by atoms with Crippen LogP contribution in [0.25, 0.3) is 0 Å². The first-order valence-corrected chi connectivity index (χ1v) is 5.08. The fourth-order valence-corrected chi connectivity index (χ4v) is 1.26. The molecule has 0 amide bonds. The zero-order valence-electron chi connectivity index (χ0n) is 8.73. The normalized spacial score (nSPS) is 9.62. The van der Waals surface area contributed by atoms with Gasteiger partial charge in [0.15, 0.2) is 12.9 Å². The zero-order chi connectivity index (χ0) is 12.0. The average Bonchev–Trinajstić information content (AvgIpc) is 2.27. The maximum Gasteiger partial charge on any atom is 0.344 e. The SMILES string of the molecule is CCOC(=O)COc1ccc(Cl)cc1C=O.